The van der Waals surface area contributed by atoms with Gasteiger partial charge >= 0.3 is 5.97 Å². The lowest BCUT2D eigenvalue weighted by molar-refractivity contribution is -0.135. The van der Waals surface area contributed by atoms with Gasteiger partial charge in [0.25, 0.3) is 0 Å². The Morgan fingerprint density at radius 2 is 2.45 bits per heavy atom. The Balaban J connectivity index is 2.31. The van der Waals surface area contributed by atoms with Crippen LogP contribution in [0.5, 0.6) is 0 Å². The van der Waals surface area contributed by atoms with Crippen molar-refractivity contribution in [3.05, 3.63) is 11.5 Å². The zero-order chi connectivity index (χ0) is 8.43. The number of rotatable bonds is 3. The molecule has 0 aliphatic carbocycles. The molecule has 0 bridgehead atoms. The summed E-state index contributed by atoms with van der Waals surface area (Å²) < 4.78 is 0. The van der Waals surface area contributed by atoms with E-state index in [-0.39, 0.29) is 5.82 Å². The van der Waals surface area contributed by atoms with Crippen molar-refractivity contribution in [2.24, 2.45) is 0 Å². The van der Waals surface area contributed by atoms with Gasteiger partial charge in [-0.25, -0.2) is 0 Å². The number of hydrogen-bond donors (Lipinski definition) is 1. The van der Waals surface area contributed by atoms with Gasteiger partial charge in [-0.05, 0) is 14.1 Å². The molecule has 1 aliphatic rings. The first-order chi connectivity index (χ1) is 5.11. The van der Waals surface area contributed by atoms with E-state index < -0.39 is 5.97 Å². The second-order valence-corrected chi connectivity index (χ2v) is 2.95. The Kier molecular flexibility index (Phi) is 2.34. The van der Waals surface area contributed by atoms with Crippen molar-refractivity contribution in [2.75, 3.05) is 20.6 Å². The highest BCUT2D eigenvalue weighted by Gasteiger charge is 2.37. The number of likely N-dealkylation sites (N-methyl/N-ethyl adjacent to an activating group) is 1. The van der Waals surface area contributed by atoms with E-state index in [0.717, 1.165) is 12.0 Å². The van der Waals surface area contributed by atoms with Gasteiger partial charge in [-0.15, -0.1) is 5.47 Å². The number of nitrogens with zero attached hydrogens (tertiary/aromatic N) is 1. The number of carboxylic acid groups (broad SMARTS) is 1. The Morgan fingerprint density at radius 1 is 1.82 bits per heavy atom. The summed E-state index contributed by atoms with van der Waals surface area (Å²) in [6, 6.07) is 0. The molecule has 1 radical (unpaired) electrons. The summed E-state index contributed by atoms with van der Waals surface area (Å²) in [6.07, 6.45) is 1.94. The monoisotopic (exact) mass is 152 g/mol. The van der Waals surface area contributed by atoms with Gasteiger partial charge in [0, 0.05) is 12.4 Å². The average Bonchev–Trinajstić information content (AvgIpc) is 2.61. The van der Waals surface area contributed by atoms with Crippen LogP contribution in [0, 0.1) is 0 Å². The van der Waals surface area contributed by atoms with Crippen LogP contribution in [-0.2, 0) is 4.79 Å². The van der Waals surface area contributed by atoms with Crippen LogP contribution in [0.1, 0.15) is 0 Å². The first kappa shape index (κ1) is 8.33. The molecule has 4 heteroatoms. The fraction of sp³-hybridized carbons (Fsp3) is 0.571. The molecule has 1 saturated heterocycles. The largest absolute Gasteiger partial charge is 0.481 e. The molecule has 11 heavy (non-hydrogen) atoms. The molecule has 0 aromatic carbocycles. The molecule has 59 valence electrons. The molecule has 0 spiro atoms. The van der Waals surface area contributed by atoms with Crippen LogP contribution in [0.25, 0.3) is 0 Å². The van der Waals surface area contributed by atoms with Crippen molar-refractivity contribution in [1.82, 2.24) is 4.90 Å². The Morgan fingerprint density at radius 3 is 2.82 bits per heavy atom. The van der Waals surface area contributed by atoms with Gasteiger partial charge in [-0.1, -0.05) is 6.08 Å². The molecule has 1 rings (SSSR count). The minimum Gasteiger partial charge on any atom is -0.481 e. The summed E-state index contributed by atoms with van der Waals surface area (Å²) in [5, 5.41) is 8.50. The van der Waals surface area contributed by atoms with Crippen molar-refractivity contribution in [3.8, 4) is 0 Å². The van der Waals surface area contributed by atoms with Crippen LogP contribution in [0.2, 0.25) is 5.82 Å². The number of aliphatic carboxylic acids is 1. The van der Waals surface area contributed by atoms with E-state index in [0.29, 0.717) is 0 Å². The van der Waals surface area contributed by atoms with Crippen molar-refractivity contribution >= 4 is 13.2 Å². The lowest BCUT2D eigenvalue weighted by Gasteiger charge is -2.02. The quantitative estimate of drug-likeness (QED) is 0.579. The summed E-state index contributed by atoms with van der Waals surface area (Å²) in [6.45, 7) is 0.815. The summed E-state index contributed by atoms with van der Waals surface area (Å²) in [5.74, 6) is -1.04. The second kappa shape index (κ2) is 3.09. The van der Waals surface area contributed by atoms with Crippen molar-refractivity contribution < 1.29 is 9.90 Å². The molecule has 1 heterocycles. The third kappa shape index (κ3) is 2.39. The summed E-state index contributed by atoms with van der Waals surface area (Å²) in [4.78, 5) is 12.3. The standard InChI is InChI=1S/C7H11BNO2/c1-9(2)4-3-5-6(8-5)7(10)11/h3,6H,4H2,1-2H3,(H,10,11)/b5-3-. The van der Waals surface area contributed by atoms with Gasteiger partial charge < -0.3 is 10.0 Å². The van der Waals surface area contributed by atoms with E-state index in [2.05, 4.69) is 0 Å². The highest BCUT2D eigenvalue weighted by atomic mass is 16.4. The maximum absolute atomic E-state index is 10.3. The van der Waals surface area contributed by atoms with E-state index in [1.165, 1.54) is 0 Å². The zero-order valence-corrected chi connectivity index (χ0v) is 6.74. The molecule has 1 N–H and O–H groups in total. The van der Waals surface area contributed by atoms with Crippen LogP contribution in [-0.4, -0.2) is 43.9 Å². The molecule has 0 aromatic heterocycles. The van der Waals surface area contributed by atoms with E-state index in [1.54, 1.807) is 7.28 Å². The highest BCUT2D eigenvalue weighted by molar-refractivity contribution is 6.69. The van der Waals surface area contributed by atoms with E-state index in [4.69, 9.17) is 5.11 Å². The van der Waals surface area contributed by atoms with Crippen molar-refractivity contribution in [1.29, 1.82) is 0 Å². The second-order valence-electron chi connectivity index (χ2n) is 2.95. The number of carboxylic acids is 1. The fourth-order valence-electron chi connectivity index (χ4n) is 0.841. The molecule has 3 nitrogen and oxygen atoms in total. The maximum atomic E-state index is 10.3. The van der Waals surface area contributed by atoms with Gasteiger partial charge in [0.15, 0.2) is 7.28 Å². The lowest BCUT2D eigenvalue weighted by Crippen LogP contribution is -2.10. The Labute approximate surface area is 66.9 Å². The predicted molar refractivity (Wildman–Crippen MR) is 43.8 cm³/mol. The minimum absolute atomic E-state index is 0.296. The van der Waals surface area contributed by atoms with Crippen molar-refractivity contribution in [3.63, 3.8) is 0 Å². The lowest BCUT2D eigenvalue weighted by atomic mass is 10.0. The van der Waals surface area contributed by atoms with E-state index >= 15 is 0 Å². The molecule has 1 unspecified atom stereocenters. The molecule has 1 aliphatic heterocycles. The van der Waals surface area contributed by atoms with Crippen molar-refractivity contribution in [2.45, 2.75) is 5.82 Å². The normalized spacial score (nSPS) is 25.4. The molecular formula is C7H11BNO2. The van der Waals surface area contributed by atoms with Crippen LogP contribution in [0.4, 0.5) is 0 Å². The Hall–Kier alpha value is -0.765. The van der Waals surface area contributed by atoms with Gasteiger partial charge in [0.1, 0.15) is 0 Å². The summed E-state index contributed by atoms with van der Waals surface area (Å²) in [5.41, 5.74) is 0.950. The van der Waals surface area contributed by atoms with E-state index in [1.807, 2.05) is 25.1 Å². The topological polar surface area (TPSA) is 40.5 Å². The summed E-state index contributed by atoms with van der Waals surface area (Å²) in [7, 11) is 5.66. The molecule has 0 saturated carbocycles. The zero-order valence-electron chi connectivity index (χ0n) is 6.74. The summed E-state index contributed by atoms with van der Waals surface area (Å²) >= 11 is 0. The van der Waals surface area contributed by atoms with Crippen LogP contribution < -0.4 is 0 Å². The molecule has 1 atom stereocenters. The first-order valence-corrected chi connectivity index (χ1v) is 3.53. The van der Waals surface area contributed by atoms with Crippen LogP contribution in [0.15, 0.2) is 11.5 Å². The molecular weight excluding hydrogens is 141 g/mol. The van der Waals surface area contributed by atoms with Gasteiger partial charge in [-0.2, -0.15) is 0 Å². The molecule has 1 fully saturated rings. The van der Waals surface area contributed by atoms with E-state index in [9.17, 15) is 4.79 Å². The fourth-order valence-corrected chi connectivity index (χ4v) is 0.841. The first-order valence-electron chi connectivity index (χ1n) is 3.53. The number of hydrogen-bond acceptors (Lipinski definition) is 2. The smallest absolute Gasteiger partial charge is 0.301 e. The molecule has 0 amide bonds. The molecule has 0 aromatic rings. The van der Waals surface area contributed by atoms with Crippen LogP contribution in [0.3, 0.4) is 0 Å². The third-order valence-electron chi connectivity index (χ3n) is 1.57. The predicted octanol–water partition coefficient (Wildman–Crippen LogP) is 0.0228. The third-order valence-corrected chi connectivity index (χ3v) is 1.57. The minimum atomic E-state index is -0.741. The van der Waals surface area contributed by atoms with Crippen LogP contribution >= 0.6 is 0 Å². The highest BCUT2D eigenvalue weighted by Crippen LogP contribution is 2.33. The Bertz CT molecular complexity index is 201. The SMILES string of the molecule is CN(C)C/C=C1\[B]C1C(=O)O. The number of carbonyl (C=O) groups is 1. The maximum Gasteiger partial charge on any atom is 0.301 e. The van der Waals surface area contributed by atoms with Gasteiger partial charge in [0.2, 0.25) is 0 Å². The van der Waals surface area contributed by atoms with Gasteiger partial charge in [-0.3, -0.25) is 4.79 Å². The van der Waals surface area contributed by atoms with Gasteiger partial charge in [0.05, 0.1) is 0 Å². The average molecular weight is 152 g/mol.